The molecule has 0 radical (unpaired) electrons. The van der Waals surface area contributed by atoms with E-state index in [1.165, 1.54) is 38.2 Å². The van der Waals surface area contributed by atoms with E-state index in [-0.39, 0.29) is 57.1 Å². The van der Waals surface area contributed by atoms with Crippen LogP contribution in [0.4, 0.5) is 0 Å². The predicted molar refractivity (Wildman–Crippen MR) is 109 cm³/mol. The third-order valence-corrected chi connectivity index (χ3v) is 5.51. The molecule has 2 rings (SSSR count). The normalized spacial score (nSPS) is 11.1. The molecule has 0 fully saturated rings. The van der Waals surface area contributed by atoms with Crippen molar-refractivity contribution in [3.63, 3.8) is 0 Å². The van der Waals surface area contributed by atoms with Gasteiger partial charge in [-0.25, -0.2) is 0 Å². The summed E-state index contributed by atoms with van der Waals surface area (Å²) >= 11 is 0. The molecule has 0 aromatic heterocycles. The summed E-state index contributed by atoms with van der Waals surface area (Å²) in [7, 11) is -4.61. The zero-order chi connectivity index (χ0) is 20.4. The summed E-state index contributed by atoms with van der Waals surface area (Å²) < 4.78 is 38.2. The number of ether oxygens (including phenoxy) is 1. The molecule has 2 aromatic rings. The second-order valence-electron chi connectivity index (χ2n) is 7.04. The standard InChI is InChI=1S/C22H30O5S.K/c1-2-3-4-5-6-7-8-10-13-18-16-20(27-19-14-11-9-12-15-19)22(23)21(17-18)28(24,25)26;/h9,11-12,14-17,23H,2-8,10,13H2,1H3,(H,24,25,26);/q;+1/p-1. The maximum absolute atomic E-state index is 12.4. The zero-order valence-electron chi connectivity index (χ0n) is 17.4. The van der Waals surface area contributed by atoms with Gasteiger partial charge in [-0.1, -0.05) is 70.1 Å². The molecule has 0 aliphatic rings. The van der Waals surface area contributed by atoms with Gasteiger partial charge in [-0.15, -0.1) is 0 Å². The first kappa shape index (κ1) is 26.6. The van der Waals surface area contributed by atoms with E-state index in [9.17, 15) is 18.1 Å². The third kappa shape index (κ3) is 9.51. The molecule has 0 aliphatic carbocycles. The molecule has 0 atom stereocenters. The number of para-hydroxylation sites is 1. The minimum absolute atomic E-state index is 0. The molecule has 0 spiro atoms. The van der Waals surface area contributed by atoms with E-state index in [2.05, 4.69) is 6.92 Å². The van der Waals surface area contributed by atoms with Crippen LogP contribution in [0.1, 0.15) is 63.9 Å². The summed E-state index contributed by atoms with van der Waals surface area (Å²) in [6.45, 7) is 2.20. The number of aryl methyl sites for hydroxylation is 1. The Morgan fingerprint density at radius 3 is 2.10 bits per heavy atom. The van der Waals surface area contributed by atoms with E-state index < -0.39 is 20.8 Å². The summed E-state index contributed by atoms with van der Waals surface area (Å²) in [4.78, 5) is -0.629. The van der Waals surface area contributed by atoms with E-state index in [0.29, 0.717) is 17.7 Å². The molecule has 29 heavy (non-hydrogen) atoms. The topological polar surface area (TPSA) is 86.7 Å². The molecule has 0 saturated heterocycles. The molecular weight excluding hydrogens is 415 g/mol. The average molecular weight is 445 g/mol. The first-order chi connectivity index (χ1) is 13.4. The van der Waals surface area contributed by atoms with Crippen molar-refractivity contribution in [1.82, 2.24) is 0 Å². The van der Waals surface area contributed by atoms with Gasteiger partial charge in [0, 0.05) is 0 Å². The van der Waals surface area contributed by atoms with Crippen molar-refractivity contribution in [2.24, 2.45) is 0 Å². The number of hydrogen-bond donors (Lipinski definition) is 1. The molecular formula is C22H29KO5S. The second-order valence-corrected chi connectivity index (χ2v) is 8.43. The Bertz CT molecular complexity index is 838. The first-order valence-electron chi connectivity index (χ1n) is 9.96. The van der Waals surface area contributed by atoms with Crippen LogP contribution in [0.5, 0.6) is 17.2 Å². The van der Waals surface area contributed by atoms with Crippen LogP contribution in [0.2, 0.25) is 0 Å². The minimum Gasteiger partial charge on any atom is -0.869 e. The average Bonchev–Trinajstić information content (AvgIpc) is 2.66. The van der Waals surface area contributed by atoms with Crippen molar-refractivity contribution < 1.29 is 74.2 Å². The van der Waals surface area contributed by atoms with Gasteiger partial charge in [0.2, 0.25) is 0 Å². The summed E-state index contributed by atoms with van der Waals surface area (Å²) in [6.07, 6.45) is 9.95. The Morgan fingerprint density at radius 1 is 0.931 bits per heavy atom. The van der Waals surface area contributed by atoms with Crippen LogP contribution < -0.4 is 61.2 Å². The Morgan fingerprint density at radius 2 is 1.52 bits per heavy atom. The van der Waals surface area contributed by atoms with E-state index in [1.54, 1.807) is 30.3 Å². The Kier molecular flexibility index (Phi) is 12.7. The van der Waals surface area contributed by atoms with Gasteiger partial charge in [-0.2, -0.15) is 8.42 Å². The number of unbranched alkanes of at least 4 members (excludes halogenated alkanes) is 7. The van der Waals surface area contributed by atoms with Crippen LogP contribution in [0.15, 0.2) is 47.4 Å². The van der Waals surface area contributed by atoms with Crippen LogP contribution in [-0.4, -0.2) is 13.0 Å². The van der Waals surface area contributed by atoms with Gasteiger partial charge in [0.15, 0.2) is 0 Å². The quantitative estimate of drug-likeness (QED) is 0.309. The Labute approximate surface area is 217 Å². The van der Waals surface area contributed by atoms with E-state index in [4.69, 9.17) is 4.74 Å². The van der Waals surface area contributed by atoms with Crippen LogP contribution in [0.3, 0.4) is 0 Å². The van der Waals surface area contributed by atoms with Gasteiger partial charge in [-0.3, -0.25) is 4.55 Å². The van der Waals surface area contributed by atoms with E-state index in [1.807, 2.05) is 6.07 Å². The van der Waals surface area contributed by atoms with Crippen molar-refractivity contribution >= 4 is 10.1 Å². The second kappa shape index (κ2) is 13.8. The van der Waals surface area contributed by atoms with Gasteiger partial charge in [0.05, 0.1) is 4.90 Å². The van der Waals surface area contributed by atoms with Crippen molar-refractivity contribution in [3.8, 4) is 17.2 Å². The number of rotatable bonds is 12. The molecule has 0 unspecified atom stereocenters. The molecule has 0 bridgehead atoms. The van der Waals surface area contributed by atoms with E-state index in [0.717, 1.165) is 19.3 Å². The molecule has 0 saturated carbocycles. The van der Waals surface area contributed by atoms with Crippen molar-refractivity contribution in [2.45, 2.75) is 69.6 Å². The third-order valence-electron chi connectivity index (χ3n) is 4.65. The monoisotopic (exact) mass is 444 g/mol. The minimum atomic E-state index is -4.61. The van der Waals surface area contributed by atoms with Gasteiger partial charge >= 0.3 is 51.4 Å². The SMILES string of the molecule is CCCCCCCCCCc1cc(Oc2ccccc2)c([O-])c(S(=O)(=O)O)c1.[K+]. The molecule has 1 N–H and O–H groups in total. The van der Waals surface area contributed by atoms with Crippen molar-refractivity contribution in [3.05, 3.63) is 48.0 Å². The molecule has 0 heterocycles. The van der Waals surface area contributed by atoms with Crippen molar-refractivity contribution in [1.29, 1.82) is 0 Å². The summed E-state index contributed by atoms with van der Waals surface area (Å²) in [5.41, 5.74) is 0.670. The molecule has 0 amide bonds. The Hall–Kier alpha value is -0.414. The van der Waals surface area contributed by atoms with Gasteiger partial charge in [0.25, 0.3) is 10.1 Å². The molecule has 154 valence electrons. The number of hydrogen-bond acceptors (Lipinski definition) is 4. The maximum Gasteiger partial charge on any atom is 1.00 e. The maximum atomic E-state index is 12.4. The van der Waals surface area contributed by atoms with E-state index >= 15 is 0 Å². The smallest absolute Gasteiger partial charge is 0.869 e. The first-order valence-corrected chi connectivity index (χ1v) is 11.4. The van der Waals surface area contributed by atoms with Gasteiger partial charge < -0.3 is 9.84 Å². The van der Waals surface area contributed by atoms with Crippen LogP contribution in [0, 0.1) is 0 Å². The predicted octanol–water partition coefficient (Wildman–Crippen LogP) is 2.49. The molecule has 2 aromatic carbocycles. The zero-order valence-corrected chi connectivity index (χ0v) is 21.3. The van der Waals surface area contributed by atoms with Crippen molar-refractivity contribution in [2.75, 3.05) is 0 Å². The Balaban J connectivity index is 0.00000420. The summed E-state index contributed by atoms with van der Waals surface area (Å²) in [5.74, 6) is -0.480. The van der Waals surface area contributed by atoms with Crippen LogP contribution in [0.25, 0.3) is 0 Å². The summed E-state index contributed by atoms with van der Waals surface area (Å²) in [5, 5.41) is 12.4. The van der Waals surface area contributed by atoms with Crippen LogP contribution >= 0.6 is 0 Å². The fraction of sp³-hybridized carbons (Fsp3) is 0.455. The fourth-order valence-electron chi connectivity index (χ4n) is 3.12. The molecule has 0 aliphatic heterocycles. The van der Waals surface area contributed by atoms with Gasteiger partial charge in [-0.05, 0) is 48.4 Å². The fourth-order valence-corrected chi connectivity index (χ4v) is 3.76. The van der Waals surface area contributed by atoms with Gasteiger partial charge in [0.1, 0.15) is 11.5 Å². The summed E-state index contributed by atoms with van der Waals surface area (Å²) in [6, 6.07) is 11.5. The van der Waals surface area contributed by atoms with Crippen LogP contribution in [-0.2, 0) is 16.5 Å². The number of benzene rings is 2. The molecule has 7 heteroatoms. The molecule has 5 nitrogen and oxygen atoms in total. The largest absolute Gasteiger partial charge is 1.00 e.